The molecule has 0 saturated heterocycles. The molecule has 0 aliphatic rings. The monoisotopic (exact) mass is 426 g/mol. The van der Waals surface area contributed by atoms with Crippen molar-refractivity contribution >= 4 is 33.3 Å². The van der Waals surface area contributed by atoms with E-state index in [1.54, 1.807) is 12.1 Å². The van der Waals surface area contributed by atoms with Crippen LogP contribution >= 0.6 is 11.3 Å². The highest BCUT2D eigenvalue weighted by Gasteiger charge is 2.31. The number of aromatic amines is 1. The first kappa shape index (κ1) is 18.6. The SMILES string of the molecule is O=c1c2c(Cc3ccsc3)n[nH]c2c2cccnc2n1-c1cccc(C(F)(F)F)c1. The van der Waals surface area contributed by atoms with E-state index < -0.39 is 17.3 Å². The van der Waals surface area contributed by atoms with Gasteiger partial charge in [-0.1, -0.05) is 6.07 Å². The Bertz CT molecular complexity index is 1430. The Kier molecular flexibility index (Phi) is 4.21. The van der Waals surface area contributed by atoms with Crippen LogP contribution in [0.5, 0.6) is 0 Å². The molecule has 4 aromatic heterocycles. The van der Waals surface area contributed by atoms with Crippen molar-refractivity contribution in [1.29, 1.82) is 0 Å². The average Bonchev–Trinajstić information content (AvgIpc) is 3.39. The third-order valence-electron chi connectivity index (χ3n) is 4.91. The highest BCUT2D eigenvalue weighted by atomic mass is 32.1. The lowest BCUT2D eigenvalue weighted by Gasteiger charge is -2.13. The number of halogens is 3. The molecule has 1 N–H and O–H groups in total. The summed E-state index contributed by atoms with van der Waals surface area (Å²) < 4.78 is 41.0. The largest absolute Gasteiger partial charge is 0.416 e. The van der Waals surface area contributed by atoms with E-state index in [2.05, 4.69) is 15.2 Å². The predicted octanol–water partition coefficient (Wildman–Crippen LogP) is 4.93. The fourth-order valence-electron chi connectivity index (χ4n) is 3.56. The van der Waals surface area contributed by atoms with E-state index in [1.807, 2.05) is 16.8 Å². The highest BCUT2D eigenvalue weighted by molar-refractivity contribution is 7.07. The molecule has 5 nitrogen and oxygen atoms in total. The molecule has 0 aliphatic heterocycles. The first-order valence-corrected chi connectivity index (χ1v) is 9.93. The second-order valence-electron chi connectivity index (χ2n) is 6.79. The summed E-state index contributed by atoms with van der Waals surface area (Å²) in [5.41, 5.74) is 1.14. The van der Waals surface area contributed by atoms with Crippen LogP contribution in [-0.2, 0) is 12.6 Å². The van der Waals surface area contributed by atoms with E-state index in [4.69, 9.17) is 0 Å². The van der Waals surface area contributed by atoms with Crippen LogP contribution in [0.15, 0.2) is 64.2 Å². The van der Waals surface area contributed by atoms with Gasteiger partial charge in [0.2, 0.25) is 0 Å². The minimum Gasteiger partial charge on any atom is -0.277 e. The van der Waals surface area contributed by atoms with Crippen LogP contribution < -0.4 is 5.56 Å². The van der Waals surface area contributed by atoms with Crippen LogP contribution in [0.2, 0.25) is 0 Å². The predicted molar refractivity (Wildman–Crippen MR) is 109 cm³/mol. The molecule has 4 heterocycles. The third-order valence-corrected chi connectivity index (χ3v) is 5.64. The van der Waals surface area contributed by atoms with E-state index in [9.17, 15) is 18.0 Å². The first-order valence-electron chi connectivity index (χ1n) is 8.99. The van der Waals surface area contributed by atoms with Crippen LogP contribution in [0.25, 0.3) is 27.6 Å². The molecule has 5 aromatic rings. The van der Waals surface area contributed by atoms with Crippen LogP contribution in [0, 0.1) is 0 Å². The molecule has 0 spiro atoms. The zero-order chi connectivity index (χ0) is 20.9. The summed E-state index contributed by atoms with van der Waals surface area (Å²) in [7, 11) is 0. The molecule has 0 saturated carbocycles. The van der Waals surface area contributed by atoms with Gasteiger partial charge in [0.15, 0.2) is 0 Å². The summed E-state index contributed by atoms with van der Waals surface area (Å²) in [6.45, 7) is 0. The number of hydrogen-bond acceptors (Lipinski definition) is 4. The molecule has 0 radical (unpaired) electrons. The number of rotatable bonds is 3. The number of H-pyrrole nitrogens is 1. The number of fused-ring (bicyclic) bond motifs is 3. The third kappa shape index (κ3) is 2.98. The molecule has 0 bridgehead atoms. The van der Waals surface area contributed by atoms with Crippen LogP contribution in [0.1, 0.15) is 16.8 Å². The molecule has 0 amide bonds. The maximum Gasteiger partial charge on any atom is 0.416 e. The van der Waals surface area contributed by atoms with Gasteiger partial charge in [-0.25, -0.2) is 4.98 Å². The van der Waals surface area contributed by atoms with Crippen LogP contribution in [0.4, 0.5) is 13.2 Å². The van der Waals surface area contributed by atoms with E-state index in [-0.39, 0.29) is 11.3 Å². The Balaban J connectivity index is 1.83. The minimum atomic E-state index is -4.52. The number of thiophene rings is 1. The smallest absolute Gasteiger partial charge is 0.277 e. The molecular weight excluding hydrogens is 413 g/mol. The molecule has 150 valence electrons. The van der Waals surface area contributed by atoms with E-state index in [0.29, 0.717) is 28.4 Å². The molecule has 0 aliphatic carbocycles. The molecular formula is C21H13F3N4OS. The van der Waals surface area contributed by atoms with Crippen molar-refractivity contribution < 1.29 is 13.2 Å². The number of nitrogens with zero attached hydrogens (tertiary/aromatic N) is 3. The normalized spacial score (nSPS) is 12.1. The van der Waals surface area contributed by atoms with Gasteiger partial charge < -0.3 is 0 Å². The first-order chi connectivity index (χ1) is 14.4. The van der Waals surface area contributed by atoms with Crippen molar-refractivity contribution in [2.45, 2.75) is 12.6 Å². The fraction of sp³-hybridized carbons (Fsp3) is 0.0952. The van der Waals surface area contributed by atoms with Crippen LogP contribution in [0.3, 0.4) is 0 Å². The number of pyridine rings is 2. The Hall–Kier alpha value is -3.46. The van der Waals surface area contributed by atoms with Gasteiger partial charge in [-0.15, -0.1) is 0 Å². The van der Waals surface area contributed by atoms with E-state index >= 15 is 0 Å². The fourth-order valence-corrected chi connectivity index (χ4v) is 4.23. The summed E-state index contributed by atoms with van der Waals surface area (Å²) in [4.78, 5) is 17.8. The number of alkyl halides is 3. The number of aromatic nitrogens is 4. The number of benzene rings is 1. The molecule has 0 fully saturated rings. The van der Waals surface area contributed by atoms with Gasteiger partial charge in [0.25, 0.3) is 5.56 Å². The summed E-state index contributed by atoms with van der Waals surface area (Å²) >= 11 is 1.54. The second-order valence-corrected chi connectivity index (χ2v) is 7.57. The zero-order valence-electron chi connectivity index (χ0n) is 15.3. The minimum absolute atomic E-state index is 0.100. The molecule has 0 atom stereocenters. The van der Waals surface area contributed by atoms with Crippen molar-refractivity contribution in [1.82, 2.24) is 19.7 Å². The summed E-state index contributed by atoms with van der Waals surface area (Å²) in [5, 5.41) is 12.1. The van der Waals surface area contributed by atoms with Crippen molar-refractivity contribution in [3.05, 3.63) is 86.6 Å². The van der Waals surface area contributed by atoms with Gasteiger partial charge in [-0.2, -0.15) is 29.6 Å². The van der Waals surface area contributed by atoms with Crippen molar-refractivity contribution in [3.8, 4) is 5.69 Å². The zero-order valence-corrected chi connectivity index (χ0v) is 16.1. The topological polar surface area (TPSA) is 63.6 Å². The Morgan fingerprint density at radius 3 is 2.77 bits per heavy atom. The summed E-state index contributed by atoms with van der Waals surface area (Å²) in [6, 6.07) is 10.1. The van der Waals surface area contributed by atoms with Gasteiger partial charge in [0.05, 0.1) is 27.8 Å². The van der Waals surface area contributed by atoms with E-state index in [0.717, 1.165) is 17.7 Å². The van der Waals surface area contributed by atoms with Gasteiger partial charge >= 0.3 is 6.18 Å². The van der Waals surface area contributed by atoms with Crippen molar-refractivity contribution in [2.75, 3.05) is 0 Å². The molecule has 0 unspecified atom stereocenters. The summed E-state index contributed by atoms with van der Waals surface area (Å²) in [6.07, 6.45) is -2.58. The lowest BCUT2D eigenvalue weighted by Crippen LogP contribution is -2.21. The lowest BCUT2D eigenvalue weighted by atomic mass is 10.1. The van der Waals surface area contributed by atoms with Gasteiger partial charge in [-0.05, 0) is 52.7 Å². The van der Waals surface area contributed by atoms with Crippen LogP contribution in [-0.4, -0.2) is 19.7 Å². The average molecular weight is 426 g/mol. The molecule has 5 rings (SSSR count). The maximum atomic E-state index is 13.5. The Morgan fingerprint density at radius 1 is 1.13 bits per heavy atom. The molecule has 1 aromatic carbocycles. The Labute approximate surface area is 171 Å². The molecule has 30 heavy (non-hydrogen) atoms. The Morgan fingerprint density at radius 2 is 2.00 bits per heavy atom. The van der Waals surface area contributed by atoms with Gasteiger partial charge in [0, 0.05) is 18.0 Å². The molecule has 9 heteroatoms. The standard InChI is InChI=1S/C21H13F3N4OS/c22-21(23,24)13-3-1-4-14(10-13)28-19-15(5-2-7-25-19)18-17(20(28)29)16(26-27-18)9-12-6-8-30-11-12/h1-8,10-11H,9H2,(H,26,27). The number of hydrogen-bond donors (Lipinski definition) is 1. The van der Waals surface area contributed by atoms with Crippen molar-refractivity contribution in [2.24, 2.45) is 0 Å². The van der Waals surface area contributed by atoms with Crippen molar-refractivity contribution in [3.63, 3.8) is 0 Å². The second kappa shape index (κ2) is 6.81. The highest BCUT2D eigenvalue weighted by Crippen LogP contribution is 2.31. The van der Waals surface area contributed by atoms with Gasteiger partial charge in [0.1, 0.15) is 5.65 Å². The van der Waals surface area contributed by atoms with Gasteiger partial charge in [-0.3, -0.25) is 14.5 Å². The summed E-state index contributed by atoms with van der Waals surface area (Å²) in [5.74, 6) is 0. The number of nitrogens with one attached hydrogen (secondary N) is 1. The van der Waals surface area contributed by atoms with E-state index in [1.165, 1.54) is 34.2 Å². The quantitative estimate of drug-likeness (QED) is 0.445. The maximum absolute atomic E-state index is 13.5. The lowest BCUT2D eigenvalue weighted by molar-refractivity contribution is -0.137.